The van der Waals surface area contributed by atoms with Crippen LogP contribution in [0, 0.1) is 16.7 Å². The SMILES string of the molecule is N#Cc1c[nH]c2c1c(=N)ncn2COCCO. The average molecular weight is 233 g/mol. The highest BCUT2D eigenvalue weighted by Crippen LogP contribution is 2.12. The maximum atomic E-state index is 8.90. The molecule has 7 heteroatoms. The van der Waals surface area contributed by atoms with Gasteiger partial charge in [-0.1, -0.05) is 0 Å². The van der Waals surface area contributed by atoms with Gasteiger partial charge in [0.25, 0.3) is 0 Å². The monoisotopic (exact) mass is 233 g/mol. The smallest absolute Gasteiger partial charge is 0.158 e. The first-order valence-electron chi connectivity index (χ1n) is 4.97. The molecule has 0 aliphatic heterocycles. The molecule has 3 N–H and O–H groups in total. The minimum absolute atomic E-state index is 0.0520. The Hall–Kier alpha value is -2.17. The second kappa shape index (κ2) is 4.78. The van der Waals surface area contributed by atoms with Crippen molar-refractivity contribution in [3.8, 4) is 6.07 Å². The lowest BCUT2D eigenvalue weighted by atomic mass is 10.2. The number of nitrogens with zero attached hydrogens (tertiary/aromatic N) is 3. The van der Waals surface area contributed by atoms with Gasteiger partial charge in [-0.3, -0.25) is 9.98 Å². The third kappa shape index (κ3) is 2.04. The number of aliphatic hydroxyl groups excluding tert-OH is 1. The van der Waals surface area contributed by atoms with Crippen LogP contribution in [0.5, 0.6) is 0 Å². The molecule has 0 atom stereocenters. The largest absolute Gasteiger partial charge is 0.394 e. The Morgan fingerprint density at radius 1 is 1.65 bits per heavy atom. The van der Waals surface area contributed by atoms with Gasteiger partial charge in [0.1, 0.15) is 24.8 Å². The topological polar surface area (TPSA) is 111 Å². The zero-order valence-corrected chi connectivity index (χ0v) is 8.97. The predicted octanol–water partition coefficient (Wildman–Crippen LogP) is -0.318. The molecule has 2 heterocycles. The molecule has 0 aliphatic rings. The zero-order chi connectivity index (χ0) is 12.3. The number of ether oxygens (including phenoxy) is 1. The summed E-state index contributed by atoms with van der Waals surface area (Å²) in [6.45, 7) is 0.375. The molecule has 0 aliphatic carbocycles. The van der Waals surface area contributed by atoms with Crippen LogP contribution in [0.4, 0.5) is 0 Å². The Kier molecular flexibility index (Phi) is 3.18. The molecule has 0 saturated carbocycles. The van der Waals surface area contributed by atoms with Crippen molar-refractivity contribution in [2.75, 3.05) is 13.2 Å². The summed E-state index contributed by atoms with van der Waals surface area (Å²) in [5.74, 6) is 0. The van der Waals surface area contributed by atoms with Gasteiger partial charge in [0, 0.05) is 6.20 Å². The fourth-order valence-electron chi connectivity index (χ4n) is 1.54. The Balaban J connectivity index is 2.45. The van der Waals surface area contributed by atoms with Crippen LogP contribution >= 0.6 is 0 Å². The maximum absolute atomic E-state index is 8.90. The van der Waals surface area contributed by atoms with E-state index < -0.39 is 0 Å². The van der Waals surface area contributed by atoms with Crippen molar-refractivity contribution in [3.63, 3.8) is 0 Å². The molecule has 17 heavy (non-hydrogen) atoms. The van der Waals surface area contributed by atoms with Crippen LogP contribution in [-0.4, -0.2) is 32.9 Å². The second-order valence-corrected chi connectivity index (χ2v) is 3.36. The van der Waals surface area contributed by atoms with E-state index in [0.717, 1.165) is 0 Å². The molecule has 88 valence electrons. The second-order valence-electron chi connectivity index (χ2n) is 3.36. The molecule has 2 aromatic heterocycles. The Labute approximate surface area is 96.4 Å². The minimum atomic E-state index is -0.0537. The summed E-state index contributed by atoms with van der Waals surface area (Å²) in [5.41, 5.74) is 1.05. The number of aliphatic hydroxyl groups is 1. The van der Waals surface area contributed by atoms with Crippen LogP contribution in [0.1, 0.15) is 5.56 Å². The summed E-state index contributed by atoms with van der Waals surface area (Å²) >= 11 is 0. The Morgan fingerprint density at radius 3 is 3.18 bits per heavy atom. The first kappa shape index (κ1) is 11.3. The molecule has 0 aromatic carbocycles. The maximum Gasteiger partial charge on any atom is 0.158 e. The molecule has 0 spiro atoms. The number of hydrogen-bond acceptors (Lipinski definition) is 5. The van der Waals surface area contributed by atoms with Crippen LogP contribution in [0.25, 0.3) is 11.0 Å². The average Bonchev–Trinajstić information content (AvgIpc) is 2.77. The number of aromatic nitrogens is 3. The number of fused-ring (bicyclic) bond motifs is 1. The molecule has 0 bridgehead atoms. The number of H-pyrrole nitrogens is 1. The van der Waals surface area contributed by atoms with Gasteiger partial charge in [0.15, 0.2) is 5.49 Å². The summed E-state index contributed by atoms with van der Waals surface area (Å²) in [5, 5.41) is 25.6. The van der Waals surface area contributed by atoms with E-state index in [4.69, 9.17) is 20.5 Å². The van der Waals surface area contributed by atoms with Crippen LogP contribution in [0.2, 0.25) is 0 Å². The summed E-state index contributed by atoms with van der Waals surface area (Å²) in [7, 11) is 0. The van der Waals surface area contributed by atoms with E-state index in [2.05, 4.69) is 9.97 Å². The van der Waals surface area contributed by atoms with Gasteiger partial charge in [0.2, 0.25) is 0 Å². The molecule has 0 amide bonds. The first-order chi connectivity index (χ1) is 8.27. The fourth-order valence-corrected chi connectivity index (χ4v) is 1.54. The van der Waals surface area contributed by atoms with Crippen molar-refractivity contribution < 1.29 is 9.84 Å². The van der Waals surface area contributed by atoms with E-state index in [0.29, 0.717) is 16.6 Å². The van der Waals surface area contributed by atoms with Crippen molar-refractivity contribution in [3.05, 3.63) is 23.6 Å². The fraction of sp³-hybridized carbons (Fsp3) is 0.300. The number of nitriles is 1. The minimum Gasteiger partial charge on any atom is -0.394 e. The number of rotatable bonds is 4. The summed E-state index contributed by atoms with van der Waals surface area (Å²) in [6, 6.07) is 2.00. The highest BCUT2D eigenvalue weighted by molar-refractivity contribution is 5.81. The number of aromatic amines is 1. The molecule has 0 unspecified atom stereocenters. The number of hydrogen-bond donors (Lipinski definition) is 3. The van der Waals surface area contributed by atoms with E-state index in [9.17, 15) is 0 Å². The summed E-state index contributed by atoms with van der Waals surface area (Å²) in [4.78, 5) is 6.80. The predicted molar refractivity (Wildman–Crippen MR) is 57.7 cm³/mol. The lowest BCUT2D eigenvalue weighted by molar-refractivity contribution is 0.0494. The van der Waals surface area contributed by atoms with Gasteiger partial charge in [-0.15, -0.1) is 0 Å². The van der Waals surface area contributed by atoms with E-state index in [1.807, 2.05) is 6.07 Å². The van der Waals surface area contributed by atoms with Crippen molar-refractivity contribution in [2.45, 2.75) is 6.73 Å². The van der Waals surface area contributed by atoms with Gasteiger partial charge >= 0.3 is 0 Å². The van der Waals surface area contributed by atoms with Gasteiger partial charge in [-0.25, -0.2) is 4.98 Å². The van der Waals surface area contributed by atoms with Gasteiger partial charge < -0.3 is 14.8 Å². The molecular weight excluding hydrogens is 222 g/mol. The van der Waals surface area contributed by atoms with Crippen molar-refractivity contribution in [1.82, 2.24) is 14.5 Å². The highest BCUT2D eigenvalue weighted by atomic mass is 16.5. The van der Waals surface area contributed by atoms with E-state index in [1.165, 1.54) is 12.5 Å². The van der Waals surface area contributed by atoms with Gasteiger partial charge in [-0.05, 0) is 0 Å². The molecule has 2 aromatic rings. The van der Waals surface area contributed by atoms with Gasteiger partial charge in [-0.2, -0.15) is 5.26 Å². The van der Waals surface area contributed by atoms with Crippen LogP contribution in [-0.2, 0) is 11.5 Å². The van der Waals surface area contributed by atoms with Crippen LogP contribution in [0.3, 0.4) is 0 Å². The first-order valence-corrected chi connectivity index (χ1v) is 4.97. The van der Waals surface area contributed by atoms with Gasteiger partial charge in [0.05, 0.1) is 24.2 Å². The lowest BCUT2D eigenvalue weighted by Crippen LogP contribution is -2.14. The highest BCUT2D eigenvalue weighted by Gasteiger charge is 2.08. The lowest BCUT2D eigenvalue weighted by Gasteiger charge is -2.07. The quantitative estimate of drug-likeness (QED) is 0.628. The standard InChI is InChI=1S/C10H11N5O2/c11-3-7-4-13-10-8(7)9(12)14-5-15(10)6-17-2-1-16/h4-5,12-13,16H,1-2,6H2. The summed E-state index contributed by atoms with van der Waals surface area (Å²) in [6.07, 6.45) is 2.99. The molecule has 0 fully saturated rings. The molecular formula is C10H11N5O2. The number of nitrogens with one attached hydrogen (secondary N) is 2. The van der Waals surface area contributed by atoms with Crippen LogP contribution in [0.15, 0.2) is 12.5 Å². The molecule has 7 nitrogen and oxygen atoms in total. The van der Waals surface area contributed by atoms with Crippen molar-refractivity contribution in [1.29, 1.82) is 10.7 Å². The van der Waals surface area contributed by atoms with E-state index in [-0.39, 0.29) is 25.4 Å². The summed E-state index contributed by atoms with van der Waals surface area (Å²) < 4.78 is 6.81. The van der Waals surface area contributed by atoms with Crippen molar-refractivity contribution in [2.24, 2.45) is 0 Å². The molecule has 0 radical (unpaired) electrons. The van der Waals surface area contributed by atoms with E-state index >= 15 is 0 Å². The zero-order valence-electron chi connectivity index (χ0n) is 8.97. The Morgan fingerprint density at radius 2 is 2.47 bits per heavy atom. The third-order valence-corrected chi connectivity index (χ3v) is 2.30. The van der Waals surface area contributed by atoms with Crippen LogP contribution < -0.4 is 5.49 Å². The third-order valence-electron chi connectivity index (χ3n) is 2.30. The Bertz CT molecular complexity index is 622. The van der Waals surface area contributed by atoms with E-state index in [1.54, 1.807) is 4.57 Å². The molecule has 0 saturated heterocycles. The van der Waals surface area contributed by atoms with Crippen molar-refractivity contribution >= 4 is 11.0 Å². The molecule has 2 rings (SSSR count). The normalized spacial score (nSPS) is 10.6.